The third-order valence-electron chi connectivity index (χ3n) is 1.50. The summed E-state index contributed by atoms with van der Waals surface area (Å²) < 4.78 is 5.09. The Kier molecular flexibility index (Phi) is 3.14. The lowest BCUT2D eigenvalue weighted by Gasteiger charge is -1.92. The maximum Gasteiger partial charge on any atom is 0.126 e. The Bertz CT molecular complexity index is 273. The lowest BCUT2D eigenvalue weighted by molar-refractivity contribution is 0.321. The van der Waals surface area contributed by atoms with E-state index in [4.69, 9.17) is 9.62 Å². The van der Waals surface area contributed by atoms with Crippen molar-refractivity contribution in [3.05, 3.63) is 29.7 Å². The van der Waals surface area contributed by atoms with Crippen molar-refractivity contribution in [1.29, 1.82) is 0 Å². The van der Waals surface area contributed by atoms with Crippen LogP contribution in [-0.4, -0.2) is 11.4 Å². The van der Waals surface area contributed by atoms with Crippen LogP contribution in [-0.2, 0) is 0 Å². The highest BCUT2D eigenvalue weighted by atomic mass is 16.4. The van der Waals surface area contributed by atoms with Crippen molar-refractivity contribution >= 4 is 12.3 Å². The molecule has 3 heteroatoms. The van der Waals surface area contributed by atoms with E-state index in [-0.39, 0.29) is 0 Å². The molecule has 1 N–H and O–H groups in total. The average Bonchev–Trinajstić information content (AvgIpc) is 2.56. The molecule has 0 aliphatic heterocycles. The van der Waals surface area contributed by atoms with Gasteiger partial charge in [-0.05, 0) is 30.2 Å². The molecular weight excluding hydrogens is 154 g/mol. The molecule has 0 aromatic carbocycles. The van der Waals surface area contributed by atoms with Crippen LogP contribution in [0.5, 0.6) is 0 Å². The van der Waals surface area contributed by atoms with Crippen molar-refractivity contribution in [2.75, 3.05) is 0 Å². The summed E-state index contributed by atoms with van der Waals surface area (Å²) in [7, 11) is 0. The molecule has 0 aliphatic carbocycles. The fourth-order valence-electron chi connectivity index (χ4n) is 0.861. The fourth-order valence-corrected chi connectivity index (χ4v) is 0.861. The number of nitrogens with zero attached hydrogens (tertiary/aromatic N) is 1. The van der Waals surface area contributed by atoms with Crippen molar-refractivity contribution in [3.8, 4) is 0 Å². The number of rotatable bonds is 3. The maximum atomic E-state index is 8.29. The summed E-state index contributed by atoms with van der Waals surface area (Å²) in [5, 5.41) is 11.2. The molecule has 0 amide bonds. The molecule has 0 bridgehead atoms. The number of hydrogen-bond donors (Lipinski definition) is 1. The van der Waals surface area contributed by atoms with Gasteiger partial charge in [0.05, 0.1) is 12.5 Å². The van der Waals surface area contributed by atoms with Gasteiger partial charge in [0.15, 0.2) is 0 Å². The number of oxime groups is 1. The zero-order chi connectivity index (χ0) is 8.81. The van der Waals surface area contributed by atoms with E-state index < -0.39 is 0 Å². The summed E-state index contributed by atoms with van der Waals surface area (Å²) in [6.45, 7) is 1.98. The van der Waals surface area contributed by atoms with Crippen molar-refractivity contribution in [2.45, 2.75) is 13.3 Å². The van der Waals surface area contributed by atoms with Gasteiger partial charge >= 0.3 is 0 Å². The van der Waals surface area contributed by atoms with Gasteiger partial charge in [0.1, 0.15) is 5.76 Å². The molecule has 3 nitrogen and oxygen atoms in total. The van der Waals surface area contributed by atoms with E-state index >= 15 is 0 Å². The molecule has 0 saturated carbocycles. The molecule has 0 saturated heterocycles. The van der Waals surface area contributed by atoms with Gasteiger partial charge in [0, 0.05) is 0 Å². The Morgan fingerprint density at radius 1 is 1.75 bits per heavy atom. The Labute approximate surface area is 71.0 Å². The molecule has 12 heavy (non-hydrogen) atoms. The second-order valence-electron chi connectivity index (χ2n) is 2.33. The molecule has 1 aromatic rings. The van der Waals surface area contributed by atoms with Gasteiger partial charge in [-0.25, -0.2) is 0 Å². The summed E-state index contributed by atoms with van der Waals surface area (Å²) >= 11 is 0. The fraction of sp³-hybridized carbons (Fsp3) is 0.222. The largest absolute Gasteiger partial charge is 0.465 e. The summed E-state index contributed by atoms with van der Waals surface area (Å²) in [6, 6.07) is 3.66. The maximum absolute atomic E-state index is 8.29. The first kappa shape index (κ1) is 8.59. The molecule has 64 valence electrons. The van der Waals surface area contributed by atoms with E-state index in [1.165, 1.54) is 6.21 Å². The normalized spacial score (nSPS) is 12.6. The summed E-state index contributed by atoms with van der Waals surface area (Å²) in [5.41, 5.74) is 0.924. The second kappa shape index (κ2) is 4.38. The third-order valence-corrected chi connectivity index (χ3v) is 1.50. The molecule has 0 aliphatic rings. The van der Waals surface area contributed by atoms with Gasteiger partial charge in [0.2, 0.25) is 0 Å². The molecule has 0 fully saturated rings. The monoisotopic (exact) mass is 165 g/mol. The van der Waals surface area contributed by atoms with E-state index in [0.717, 1.165) is 17.8 Å². The Hall–Kier alpha value is -1.51. The highest BCUT2D eigenvalue weighted by Crippen LogP contribution is 2.08. The third kappa shape index (κ3) is 2.27. The van der Waals surface area contributed by atoms with Gasteiger partial charge in [-0.2, -0.15) is 0 Å². The van der Waals surface area contributed by atoms with Gasteiger partial charge in [-0.1, -0.05) is 12.1 Å². The van der Waals surface area contributed by atoms with E-state index in [1.807, 2.05) is 25.1 Å². The van der Waals surface area contributed by atoms with Crippen LogP contribution < -0.4 is 0 Å². The first-order chi connectivity index (χ1) is 5.86. The van der Waals surface area contributed by atoms with Gasteiger partial charge in [0.25, 0.3) is 0 Å². The first-order valence-electron chi connectivity index (χ1n) is 3.78. The number of allylic oxidation sites excluding steroid dienone is 1. The molecule has 0 spiro atoms. The van der Waals surface area contributed by atoms with Crippen molar-refractivity contribution in [2.24, 2.45) is 5.16 Å². The Morgan fingerprint density at radius 3 is 3.08 bits per heavy atom. The smallest absolute Gasteiger partial charge is 0.126 e. The van der Waals surface area contributed by atoms with Gasteiger partial charge < -0.3 is 9.62 Å². The predicted molar refractivity (Wildman–Crippen MR) is 47.3 cm³/mol. The van der Waals surface area contributed by atoms with Crippen LogP contribution in [0.15, 0.2) is 33.5 Å². The van der Waals surface area contributed by atoms with E-state index in [9.17, 15) is 0 Å². The Morgan fingerprint density at radius 2 is 2.58 bits per heavy atom. The van der Waals surface area contributed by atoms with Gasteiger partial charge in [-0.3, -0.25) is 0 Å². The Balaban J connectivity index is 2.78. The van der Waals surface area contributed by atoms with Crippen LogP contribution in [0.4, 0.5) is 0 Å². The van der Waals surface area contributed by atoms with Crippen molar-refractivity contribution < 1.29 is 9.62 Å². The van der Waals surface area contributed by atoms with Crippen molar-refractivity contribution in [1.82, 2.24) is 0 Å². The van der Waals surface area contributed by atoms with Crippen LogP contribution in [0.25, 0.3) is 6.08 Å². The van der Waals surface area contributed by atoms with Crippen LogP contribution in [0.3, 0.4) is 0 Å². The summed E-state index contributed by atoms with van der Waals surface area (Å²) in [4.78, 5) is 0. The quantitative estimate of drug-likeness (QED) is 0.425. The zero-order valence-electron chi connectivity index (χ0n) is 6.90. The minimum Gasteiger partial charge on any atom is -0.465 e. The minimum atomic E-state index is 0.770. The molecule has 1 aromatic heterocycles. The molecule has 0 radical (unpaired) electrons. The van der Waals surface area contributed by atoms with Crippen LogP contribution in [0, 0.1) is 0 Å². The lowest BCUT2D eigenvalue weighted by atomic mass is 10.2. The molecule has 0 atom stereocenters. The van der Waals surface area contributed by atoms with Crippen LogP contribution in [0.1, 0.15) is 19.1 Å². The van der Waals surface area contributed by atoms with Crippen LogP contribution >= 0.6 is 0 Å². The lowest BCUT2D eigenvalue weighted by Crippen LogP contribution is -1.81. The molecular formula is C9H11NO2. The SMILES string of the molecule is CCC(=C/c1ccco1)/C=N/O. The highest BCUT2D eigenvalue weighted by Gasteiger charge is 1.93. The zero-order valence-corrected chi connectivity index (χ0v) is 6.90. The summed E-state index contributed by atoms with van der Waals surface area (Å²) in [5.74, 6) is 0.770. The highest BCUT2D eigenvalue weighted by molar-refractivity contribution is 5.84. The minimum absolute atomic E-state index is 0.770. The standard InChI is InChI=1S/C9H11NO2/c1-2-8(7-10-11)6-9-4-3-5-12-9/h3-7,11H,2H2,1H3/b8-6-,10-7+. The topological polar surface area (TPSA) is 45.7 Å². The van der Waals surface area contributed by atoms with Gasteiger partial charge in [-0.15, -0.1) is 0 Å². The molecule has 0 unspecified atom stereocenters. The van der Waals surface area contributed by atoms with Crippen molar-refractivity contribution in [3.63, 3.8) is 0 Å². The molecule has 1 rings (SSSR count). The average molecular weight is 165 g/mol. The number of furan rings is 1. The van der Waals surface area contributed by atoms with E-state index in [2.05, 4.69) is 5.16 Å². The van der Waals surface area contributed by atoms with E-state index in [1.54, 1.807) is 6.26 Å². The van der Waals surface area contributed by atoms with Crippen LogP contribution in [0.2, 0.25) is 0 Å². The van der Waals surface area contributed by atoms with E-state index in [0.29, 0.717) is 0 Å². The first-order valence-corrected chi connectivity index (χ1v) is 3.78. The number of hydrogen-bond acceptors (Lipinski definition) is 3. The summed E-state index contributed by atoms with van der Waals surface area (Å²) in [6.07, 6.45) is 5.65. The molecule has 1 heterocycles. The predicted octanol–water partition coefficient (Wildman–Crippen LogP) is 2.53. The second-order valence-corrected chi connectivity index (χ2v) is 2.33.